The Kier molecular flexibility index (Phi) is 5.63. The highest BCUT2D eigenvalue weighted by atomic mass is 32.2. The molecule has 0 aliphatic carbocycles. The summed E-state index contributed by atoms with van der Waals surface area (Å²) in [6.07, 6.45) is 0. The second kappa shape index (κ2) is 8.21. The Bertz CT molecular complexity index is 1160. The Morgan fingerprint density at radius 1 is 1.03 bits per heavy atom. The van der Waals surface area contributed by atoms with Crippen molar-refractivity contribution in [3.63, 3.8) is 0 Å². The van der Waals surface area contributed by atoms with Gasteiger partial charge in [0.05, 0.1) is 6.54 Å². The first kappa shape index (κ1) is 20.6. The Labute approximate surface area is 173 Å². The average Bonchev–Trinajstić information content (AvgIpc) is 3.19. The second-order valence-corrected chi connectivity index (χ2v) is 8.99. The zero-order valence-electron chi connectivity index (χ0n) is 16.3. The first-order valence-corrected chi connectivity index (χ1v) is 10.8. The van der Waals surface area contributed by atoms with Gasteiger partial charge in [-0.15, -0.1) is 0 Å². The highest BCUT2D eigenvalue weighted by molar-refractivity contribution is 7.89. The number of hydrogen-bond acceptors (Lipinski definition) is 6. The van der Waals surface area contributed by atoms with E-state index < -0.39 is 15.8 Å². The summed E-state index contributed by atoms with van der Waals surface area (Å²) in [5.74, 6) is -0.446. The van der Waals surface area contributed by atoms with Crippen molar-refractivity contribution in [2.45, 2.75) is 18.4 Å². The first-order chi connectivity index (χ1) is 14.3. The third kappa shape index (κ3) is 4.11. The van der Waals surface area contributed by atoms with E-state index in [1.165, 1.54) is 28.6 Å². The van der Waals surface area contributed by atoms with Crippen molar-refractivity contribution < 1.29 is 21.7 Å². The van der Waals surface area contributed by atoms with Crippen molar-refractivity contribution in [2.75, 3.05) is 26.2 Å². The van der Waals surface area contributed by atoms with E-state index in [1.54, 1.807) is 19.1 Å². The number of halogens is 2. The fourth-order valence-corrected chi connectivity index (χ4v) is 4.77. The monoisotopic (exact) mass is 434 g/mol. The number of aromatic nitrogens is 2. The van der Waals surface area contributed by atoms with Crippen LogP contribution in [0.25, 0.3) is 11.4 Å². The van der Waals surface area contributed by atoms with E-state index in [0.717, 1.165) is 6.07 Å². The first-order valence-electron chi connectivity index (χ1n) is 9.41. The van der Waals surface area contributed by atoms with Gasteiger partial charge >= 0.3 is 0 Å². The van der Waals surface area contributed by atoms with Crippen molar-refractivity contribution in [2.24, 2.45) is 0 Å². The van der Waals surface area contributed by atoms with Gasteiger partial charge in [0.25, 0.3) is 0 Å². The van der Waals surface area contributed by atoms with E-state index in [9.17, 15) is 17.2 Å². The molecule has 1 fully saturated rings. The van der Waals surface area contributed by atoms with Gasteiger partial charge in [0.1, 0.15) is 16.5 Å². The van der Waals surface area contributed by atoms with Crippen LogP contribution in [-0.4, -0.2) is 53.9 Å². The molecule has 0 radical (unpaired) electrons. The van der Waals surface area contributed by atoms with Crippen LogP contribution in [0.3, 0.4) is 0 Å². The molecule has 0 amide bonds. The highest BCUT2D eigenvalue weighted by Crippen LogP contribution is 2.22. The minimum Gasteiger partial charge on any atom is -0.338 e. The lowest BCUT2D eigenvalue weighted by Crippen LogP contribution is -2.48. The van der Waals surface area contributed by atoms with Crippen LogP contribution in [0.4, 0.5) is 8.78 Å². The zero-order valence-corrected chi connectivity index (χ0v) is 17.1. The molecule has 1 saturated heterocycles. The van der Waals surface area contributed by atoms with Crippen LogP contribution in [0.5, 0.6) is 0 Å². The highest BCUT2D eigenvalue weighted by Gasteiger charge is 2.30. The molecule has 0 unspecified atom stereocenters. The summed E-state index contributed by atoms with van der Waals surface area (Å²) < 4.78 is 59.6. The molecule has 158 valence electrons. The summed E-state index contributed by atoms with van der Waals surface area (Å²) in [6, 6.07) is 10.1. The Balaban J connectivity index is 1.39. The number of piperazine rings is 1. The van der Waals surface area contributed by atoms with E-state index in [0.29, 0.717) is 42.5 Å². The molecule has 3 aromatic rings. The van der Waals surface area contributed by atoms with E-state index in [-0.39, 0.29) is 23.8 Å². The molecule has 7 nitrogen and oxygen atoms in total. The van der Waals surface area contributed by atoms with Crippen molar-refractivity contribution in [1.29, 1.82) is 0 Å². The smallest absolute Gasteiger partial charge is 0.246 e. The number of benzene rings is 2. The molecule has 30 heavy (non-hydrogen) atoms. The number of hydrogen-bond donors (Lipinski definition) is 0. The van der Waals surface area contributed by atoms with Crippen LogP contribution in [0.15, 0.2) is 51.9 Å². The molecule has 2 aromatic carbocycles. The van der Waals surface area contributed by atoms with Crippen molar-refractivity contribution >= 4 is 10.0 Å². The number of aryl methyl sites for hydroxylation is 1. The molecule has 0 bridgehead atoms. The molecule has 0 atom stereocenters. The predicted molar refractivity (Wildman–Crippen MR) is 105 cm³/mol. The zero-order chi connectivity index (χ0) is 21.3. The van der Waals surface area contributed by atoms with E-state index in [1.807, 2.05) is 4.90 Å². The summed E-state index contributed by atoms with van der Waals surface area (Å²) in [5, 5.41) is 3.90. The average molecular weight is 434 g/mol. The summed E-state index contributed by atoms with van der Waals surface area (Å²) in [6.45, 7) is 3.33. The molecule has 4 rings (SSSR count). The fraction of sp³-hybridized carbons (Fsp3) is 0.300. The summed E-state index contributed by atoms with van der Waals surface area (Å²) in [7, 11) is -3.88. The molecule has 1 aliphatic rings. The van der Waals surface area contributed by atoms with Gasteiger partial charge in [0.2, 0.25) is 21.7 Å². The Hall–Kier alpha value is -2.69. The maximum absolute atomic E-state index is 13.9. The van der Waals surface area contributed by atoms with E-state index in [2.05, 4.69) is 10.1 Å². The maximum Gasteiger partial charge on any atom is 0.246 e. The Morgan fingerprint density at radius 3 is 2.47 bits per heavy atom. The SMILES string of the molecule is Cc1ccc(-c2noc(CN3CCN(S(=O)(=O)c4ccccc4F)CC3)n2)cc1F. The van der Waals surface area contributed by atoms with Crippen molar-refractivity contribution in [1.82, 2.24) is 19.3 Å². The third-order valence-electron chi connectivity index (χ3n) is 5.04. The van der Waals surface area contributed by atoms with E-state index >= 15 is 0 Å². The molecular formula is C20H20F2N4O3S. The van der Waals surface area contributed by atoms with Crippen LogP contribution < -0.4 is 0 Å². The summed E-state index contributed by atoms with van der Waals surface area (Å²) in [4.78, 5) is 5.96. The predicted octanol–water partition coefficient (Wildman–Crippen LogP) is 2.83. The van der Waals surface area contributed by atoms with Gasteiger partial charge in [-0.3, -0.25) is 4.90 Å². The van der Waals surface area contributed by atoms with Gasteiger partial charge in [-0.1, -0.05) is 29.4 Å². The second-order valence-electron chi connectivity index (χ2n) is 7.09. The van der Waals surface area contributed by atoms with Crippen LogP contribution in [0, 0.1) is 18.6 Å². The van der Waals surface area contributed by atoms with Gasteiger partial charge in [-0.05, 0) is 30.7 Å². The lowest BCUT2D eigenvalue weighted by molar-refractivity contribution is 0.163. The van der Waals surface area contributed by atoms with Crippen LogP contribution in [0.1, 0.15) is 11.5 Å². The normalized spacial score (nSPS) is 16.1. The van der Waals surface area contributed by atoms with E-state index in [4.69, 9.17) is 4.52 Å². The van der Waals surface area contributed by atoms with Gasteiger partial charge in [0, 0.05) is 31.7 Å². The number of nitrogens with zero attached hydrogens (tertiary/aromatic N) is 4. The lowest BCUT2D eigenvalue weighted by Gasteiger charge is -2.33. The molecule has 0 saturated carbocycles. The van der Waals surface area contributed by atoms with Crippen LogP contribution in [0.2, 0.25) is 0 Å². The quantitative estimate of drug-likeness (QED) is 0.615. The molecule has 0 spiro atoms. The van der Waals surface area contributed by atoms with Crippen molar-refractivity contribution in [3.8, 4) is 11.4 Å². The molecule has 1 aliphatic heterocycles. The summed E-state index contributed by atoms with van der Waals surface area (Å²) >= 11 is 0. The summed E-state index contributed by atoms with van der Waals surface area (Å²) in [5.41, 5.74) is 1.06. The molecule has 0 N–H and O–H groups in total. The third-order valence-corrected chi connectivity index (χ3v) is 6.97. The number of rotatable bonds is 5. The minimum absolute atomic E-state index is 0.223. The molecule has 2 heterocycles. The standard InChI is InChI=1S/C20H20F2N4O3S/c1-14-6-7-15(12-17(14)22)20-23-19(29-24-20)13-25-8-10-26(11-9-25)30(27,28)18-5-3-2-4-16(18)21/h2-7,12H,8-11,13H2,1H3. The van der Waals surface area contributed by atoms with Gasteiger partial charge in [0.15, 0.2) is 0 Å². The van der Waals surface area contributed by atoms with Gasteiger partial charge in [-0.25, -0.2) is 17.2 Å². The molecule has 1 aromatic heterocycles. The number of sulfonamides is 1. The van der Waals surface area contributed by atoms with Gasteiger partial charge in [-0.2, -0.15) is 9.29 Å². The Morgan fingerprint density at radius 2 is 1.77 bits per heavy atom. The molecular weight excluding hydrogens is 414 g/mol. The topological polar surface area (TPSA) is 79.5 Å². The van der Waals surface area contributed by atoms with Crippen molar-refractivity contribution in [3.05, 3.63) is 65.6 Å². The van der Waals surface area contributed by atoms with Crippen LogP contribution >= 0.6 is 0 Å². The minimum atomic E-state index is -3.88. The maximum atomic E-state index is 13.9. The molecule has 10 heteroatoms. The lowest BCUT2D eigenvalue weighted by atomic mass is 10.1. The fourth-order valence-electron chi connectivity index (χ4n) is 3.28. The van der Waals surface area contributed by atoms with Crippen LogP contribution in [-0.2, 0) is 16.6 Å². The van der Waals surface area contributed by atoms with Gasteiger partial charge < -0.3 is 4.52 Å². The largest absolute Gasteiger partial charge is 0.338 e.